The highest BCUT2D eigenvalue weighted by atomic mass is 16.5. The van der Waals surface area contributed by atoms with Crippen LogP contribution in [0.25, 0.3) is 10.8 Å². The highest BCUT2D eigenvalue weighted by molar-refractivity contribution is 6.08. The second kappa shape index (κ2) is 7.15. The van der Waals surface area contributed by atoms with Gasteiger partial charge in [0.1, 0.15) is 5.75 Å². The molecule has 24 heavy (non-hydrogen) atoms. The van der Waals surface area contributed by atoms with Gasteiger partial charge in [-0.3, -0.25) is 4.79 Å². The van der Waals surface area contributed by atoms with Gasteiger partial charge in [-0.25, -0.2) is 0 Å². The average Bonchev–Trinajstić information content (AvgIpc) is 2.65. The van der Waals surface area contributed by atoms with Crippen molar-refractivity contribution in [2.24, 2.45) is 0 Å². The Morgan fingerprint density at radius 2 is 1.71 bits per heavy atom. The van der Waals surface area contributed by atoms with Gasteiger partial charge < -0.3 is 14.7 Å². The zero-order chi connectivity index (χ0) is 16.9. The quantitative estimate of drug-likeness (QED) is 0.782. The van der Waals surface area contributed by atoms with Crippen molar-refractivity contribution in [1.82, 2.24) is 0 Å². The third-order valence-corrected chi connectivity index (χ3v) is 3.93. The van der Waals surface area contributed by atoms with Gasteiger partial charge in [0, 0.05) is 17.8 Å². The minimum absolute atomic E-state index is 0.0919. The first-order chi connectivity index (χ1) is 11.7. The Hall–Kier alpha value is -2.85. The van der Waals surface area contributed by atoms with Crippen LogP contribution in [-0.2, 0) is 0 Å². The first-order valence-corrected chi connectivity index (χ1v) is 7.78. The fourth-order valence-electron chi connectivity index (χ4n) is 2.70. The summed E-state index contributed by atoms with van der Waals surface area (Å²) >= 11 is 0. The molecule has 0 saturated carbocycles. The normalized spacial score (nSPS) is 10.6. The number of carbonyl (C=O) groups is 1. The Labute approximate surface area is 140 Å². The van der Waals surface area contributed by atoms with Gasteiger partial charge >= 0.3 is 0 Å². The Bertz CT molecular complexity index is 846. The zero-order valence-corrected chi connectivity index (χ0v) is 13.5. The summed E-state index contributed by atoms with van der Waals surface area (Å²) in [6.07, 6.45) is 0. The SMILES string of the molecule is COc1ccc2cc(C(=O)N(CCO)c3ccccc3)ccc2c1. The number of ether oxygens (including phenoxy) is 1. The fourth-order valence-corrected chi connectivity index (χ4v) is 2.70. The molecule has 4 heteroatoms. The van der Waals surface area contributed by atoms with Crippen molar-refractivity contribution in [3.8, 4) is 5.75 Å². The van der Waals surface area contributed by atoms with Gasteiger partial charge in [0.2, 0.25) is 0 Å². The molecule has 0 radical (unpaired) electrons. The lowest BCUT2D eigenvalue weighted by molar-refractivity contribution is 0.0981. The molecule has 0 spiro atoms. The Morgan fingerprint density at radius 1 is 1.00 bits per heavy atom. The number of hydrogen-bond donors (Lipinski definition) is 1. The van der Waals surface area contributed by atoms with Crippen LogP contribution < -0.4 is 9.64 Å². The van der Waals surface area contributed by atoms with Gasteiger partial charge in [-0.1, -0.05) is 30.3 Å². The molecule has 1 amide bonds. The van der Waals surface area contributed by atoms with Crippen LogP contribution >= 0.6 is 0 Å². The molecule has 3 aromatic carbocycles. The van der Waals surface area contributed by atoms with E-state index in [4.69, 9.17) is 4.74 Å². The highest BCUT2D eigenvalue weighted by Crippen LogP contribution is 2.23. The summed E-state index contributed by atoms with van der Waals surface area (Å²) in [6, 6.07) is 20.7. The number of para-hydroxylation sites is 1. The van der Waals surface area contributed by atoms with E-state index in [9.17, 15) is 9.90 Å². The van der Waals surface area contributed by atoms with Crippen LogP contribution in [0.4, 0.5) is 5.69 Å². The van der Waals surface area contributed by atoms with Crippen LogP contribution in [0.2, 0.25) is 0 Å². The van der Waals surface area contributed by atoms with E-state index in [0.717, 1.165) is 22.2 Å². The van der Waals surface area contributed by atoms with Crippen LogP contribution in [0.5, 0.6) is 5.75 Å². The number of rotatable bonds is 5. The van der Waals surface area contributed by atoms with Crippen LogP contribution in [0.15, 0.2) is 66.7 Å². The number of methoxy groups -OCH3 is 1. The molecule has 0 saturated heterocycles. The first kappa shape index (κ1) is 16.0. The molecule has 0 fully saturated rings. The lowest BCUT2D eigenvalue weighted by Gasteiger charge is -2.22. The van der Waals surface area contributed by atoms with E-state index in [0.29, 0.717) is 5.56 Å². The van der Waals surface area contributed by atoms with Crippen molar-refractivity contribution >= 4 is 22.4 Å². The molecular weight excluding hydrogens is 302 g/mol. The maximum atomic E-state index is 12.9. The maximum Gasteiger partial charge on any atom is 0.258 e. The van der Waals surface area contributed by atoms with Gasteiger partial charge in [-0.15, -0.1) is 0 Å². The van der Waals surface area contributed by atoms with Gasteiger partial charge in [0.25, 0.3) is 5.91 Å². The Morgan fingerprint density at radius 3 is 2.42 bits per heavy atom. The summed E-state index contributed by atoms with van der Waals surface area (Å²) in [5.74, 6) is 0.653. The summed E-state index contributed by atoms with van der Waals surface area (Å²) in [6.45, 7) is 0.162. The molecule has 0 heterocycles. The molecule has 0 unspecified atom stereocenters. The standard InChI is InChI=1S/C20H19NO3/c1-24-19-10-9-15-13-17(8-7-16(15)14-19)20(23)21(11-12-22)18-5-3-2-4-6-18/h2-10,13-14,22H,11-12H2,1H3. The number of aliphatic hydroxyl groups excluding tert-OH is 1. The molecule has 3 aromatic rings. The molecule has 0 atom stereocenters. The number of carbonyl (C=O) groups excluding carboxylic acids is 1. The third kappa shape index (κ3) is 3.24. The highest BCUT2D eigenvalue weighted by Gasteiger charge is 2.17. The van der Waals surface area contributed by atoms with Crippen molar-refractivity contribution in [2.75, 3.05) is 25.2 Å². The Balaban J connectivity index is 1.96. The number of aliphatic hydroxyl groups is 1. The minimum Gasteiger partial charge on any atom is -0.497 e. The fraction of sp³-hybridized carbons (Fsp3) is 0.150. The molecule has 1 N–H and O–H groups in total. The lowest BCUT2D eigenvalue weighted by atomic mass is 10.1. The second-order valence-corrected chi connectivity index (χ2v) is 5.44. The predicted octanol–water partition coefficient (Wildman–Crippen LogP) is 3.49. The molecular formula is C20H19NO3. The van der Waals surface area contributed by atoms with Crippen molar-refractivity contribution < 1.29 is 14.6 Å². The van der Waals surface area contributed by atoms with Crippen molar-refractivity contribution in [2.45, 2.75) is 0 Å². The molecule has 0 aliphatic carbocycles. The molecule has 0 aromatic heterocycles. The van der Waals surface area contributed by atoms with E-state index < -0.39 is 0 Å². The van der Waals surface area contributed by atoms with Gasteiger partial charge in [-0.2, -0.15) is 0 Å². The van der Waals surface area contributed by atoms with Crippen LogP contribution in [0.3, 0.4) is 0 Å². The summed E-state index contributed by atoms with van der Waals surface area (Å²) in [5, 5.41) is 11.3. The first-order valence-electron chi connectivity index (χ1n) is 7.78. The molecule has 0 aliphatic rings. The van der Waals surface area contributed by atoms with Gasteiger partial charge in [0.05, 0.1) is 13.7 Å². The lowest BCUT2D eigenvalue weighted by Crippen LogP contribution is -2.33. The molecule has 3 rings (SSSR count). The van der Waals surface area contributed by atoms with Crippen molar-refractivity contribution in [3.63, 3.8) is 0 Å². The van der Waals surface area contributed by atoms with E-state index in [2.05, 4.69) is 0 Å². The van der Waals surface area contributed by atoms with E-state index in [1.54, 1.807) is 18.1 Å². The minimum atomic E-state index is -0.132. The van der Waals surface area contributed by atoms with Crippen LogP contribution in [0, 0.1) is 0 Å². The summed E-state index contributed by atoms with van der Waals surface area (Å²) in [7, 11) is 1.63. The van der Waals surface area contributed by atoms with Crippen molar-refractivity contribution in [1.29, 1.82) is 0 Å². The number of amides is 1. The zero-order valence-electron chi connectivity index (χ0n) is 13.5. The second-order valence-electron chi connectivity index (χ2n) is 5.44. The molecule has 122 valence electrons. The third-order valence-electron chi connectivity index (χ3n) is 3.93. The summed E-state index contributed by atoms with van der Waals surface area (Å²) in [5.41, 5.74) is 1.36. The van der Waals surface area contributed by atoms with E-state index >= 15 is 0 Å². The van der Waals surface area contributed by atoms with E-state index in [1.807, 2.05) is 60.7 Å². The monoisotopic (exact) mass is 321 g/mol. The maximum absolute atomic E-state index is 12.9. The molecule has 0 bridgehead atoms. The topological polar surface area (TPSA) is 49.8 Å². The van der Waals surface area contributed by atoms with E-state index in [-0.39, 0.29) is 19.1 Å². The number of benzene rings is 3. The smallest absolute Gasteiger partial charge is 0.258 e. The number of hydrogen-bond acceptors (Lipinski definition) is 3. The summed E-state index contributed by atoms with van der Waals surface area (Å²) < 4.78 is 5.23. The number of nitrogens with zero attached hydrogens (tertiary/aromatic N) is 1. The Kier molecular flexibility index (Phi) is 4.77. The average molecular weight is 321 g/mol. The summed E-state index contributed by atoms with van der Waals surface area (Å²) in [4.78, 5) is 14.5. The van der Waals surface area contributed by atoms with Gasteiger partial charge in [-0.05, 0) is 47.2 Å². The predicted molar refractivity (Wildman–Crippen MR) is 95.7 cm³/mol. The van der Waals surface area contributed by atoms with Gasteiger partial charge in [0.15, 0.2) is 0 Å². The van der Waals surface area contributed by atoms with E-state index in [1.165, 1.54) is 0 Å². The largest absolute Gasteiger partial charge is 0.497 e. The van der Waals surface area contributed by atoms with Crippen LogP contribution in [-0.4, -0.2) is 31.3 Å². The number of fused-ring (bicyclic) bond motifs is 1. The van der Waals surface area contributed by atoms with Crippen LogP contribution in [0.1, 0.15) is 10.4 Å². The van der Waals surface area contributed by atoms with Crippen molar-refractivity contribution in [3.05, 3.63) is 72.3 Å². The molecule has 4 nitrogen and oxygen atoms in total. The number of anilines is 1. The molecule has 0 aliphatic heterocycles.